The number of nitrogens with two attached hydrogens (primary N) is 1. The molecule has 0 aliphatic carbocycles. The quantitative estimate of drug-likeness (QED) is 0.773. The molecule has 0 fully saturated rings. The molecule has 0 aliphatic heterocycles. The Morgan fingerprint density at radius 2 is 2.29 bits per heavy atom. The average Bonchev–Trinajstić information content (AvgIpc) is 2.66. The van der Waals surface area contributed by atoms with E-state index in [9.17, 15) is 4.79 Å². The molecule has 0 saturated heterocycles. The van der Waals surface area contributed by atoms with Gasteiger partial charge in [-0.15, -0.1) is 0 Å². The topological polar surface area (TPSA) is 72.9 Å². The van der Waals surface area contributed by atoms with Crippen LogP contribution in [0.5, 0.6) is 0 Å². The van der Waals surface area contributed by atoms with Crippen LogP contribution in [0.25, 0.3) is 11.0 Å². The number of hydrogen-bond donors (Lipinski definition) is 2. The number of nitrogens with zero attached hydrogens (tertiary/aromatic N) is 2. The fraction of sp³-hybridized carbons (Fsp3) is 0.333. The molecule has 90 valence electrons. The Balaban J connectivity index is 2.54. The first-order chi connectivity index (χ1) is 8.15. The Labute approximate surface area is 99.6 Å². The van der Waals surface area contributed by atoms with Crippen LogP contribution in [0.3, 0.4) is 0 Å². The minimum atomic E-state index is -0.0316. The number of likely N-dealkylation sites (N-methyl/N-ethyl adjacent to an activating group) is 1. The third kappa shape index (κ3) is 2.08. The molecule has 5 nitrogen and oxygen atoms in total. The molecule has 5 heteroatoms. The highest BCUT2D eigenvalue weighted by Gasteiger charge is 2.11. The molecule has 17 heavy (non-hydrogen) atoms. The fourth-order valence-corrected chi connectivity index (χ4v) is 1.87. The molecule has 3 N–H and O–H groups in total. The number of carbonyl (C=O) groups is 1. The number of anilines is 1. The maximum Gasteiger partial charge on any atom is 0.239 e. The molecule has 0 saturated carbocycles. The van der Waals surface area contributed by atoms with Gasteiger partial charge in [0.05, 0.1) is 11.0 Å². The Hall–Kier alpha value is -2.04. The zero-order chi connectivity index (χ0) is 12.4. The maximum absolute atomic E-state index is 11.5. The molecule has 1 aromatic heterocycles. The minimum absolute atomic E-state index is 0.0316. The Bertz CT molecular complexity index is 559. The van der Waals surface area contributed by atoms with Gasteiger partial charge in [0.15, 0.2) is 0 Å². The smallest absolute Gasteiger partial charge is 0.239 e. The number of imidazole rings is 1. The summed E-state index contributed by atoms with van der Waals surface area (Å²) in [6, 6.07) is 5.55. The van der Waals surface area contributed by atoms with Crippen LogP contribution in [0.1, 0.15) is 12.7 Å². The first kappa shape index (κ1) is 11.4. The van der Waals surface area contributed by atoms with E-state index in [1.165, 1.54) is 0 Å². The van der Waals surface area contributed by atoms with Crippen LogP contribution in [-0.4, -0.2) is 22.5 Å². The Morgan fingerprint density at radius 3 is 2.94 bits per heavy atom. The summed E-state index contributed by atoms with van der Waals surface area (Å²) in [6.07, 6.45) is 0.783. The van der Waals surface area contributed by atoms with E-state index < -0.39 is 0 Å². The second-order valence-electron chi connectivity index (χ2n) is 3.89. The van der Waals surface area contributed by atoms with Crippen LogP contribution in [0, 0.1) is 0 Å². The Morgan fingerprint density at radius 1 is 1.53 bits per heavy atom. The fourth-order valence-electron chi connectivity index (χ4n) is 1.87. The molecule has 0 aliphatic rings. The number of fused-ring (bicyclic) bond motifs is 1. The summed E-state index contributed by atoms with van der Waals surface area (Å²) in [4.78, 5) is 16.0. The van der Waals surface area contributed by atoms with Gasteiger partial charge in [-0.3, -0.25) is 4.79 Å². The van der Waals surface area contributed by atoms with Gasteiger partial charge in [-0.25, -0.2) is 4.98 Å². The maximum atomic E-state index is 11.5. The highest BCUT2D eigenvalue weighted by Crippen LogP contribution is 2.19. The standard InChI is InChI=1S/C12H16N4O/c1-3-11-15-9-6-8(13)4-5-10(9)16(11)7-12(17)14-2/h4-6H,3,7,13H2,1-2H3,(H,14,17). The van der Waals surface area contributed by atoms with E-state index in [0.717, 1.165) is 23.3 Å². The van der Waals surface area contributed by atoms with E-state index in [-0.39, 0.29) is 5.91 Å². The Kier molecular flexibility index (Phi) is 2.99. The summed E-state index contributed by atoms with van der Waals surface area (Å²) in [5, 5.41) is 2.62. The molecule has 2 rings (SSSR count). The van der Waals surface area contributed by atoms with Gasteiger partial charge in [0.25, 0.3) is 0 Å². The number of rotatable bonds is 3. The monoisotopic (exact) mass is 232 g/mol. The van der Waals surface area contributed by atoms with E-state index in [4.69, 9.17) is 5.73 Å². The molecule has 1 heterocycles. The van der Waals surface area contributed by atoms with Gasteiger partial charge in [-0.1, -0.05) is 6.92 Å². The predicted molar refractivity (Wildman–Crippen MR) is 67.6 cm³/mol. The van der Waals surface area contributed by atoms with Gasteiger partial charge in [-0.2, -0.15) is 0 Å². The first-order valence-electron chi connectivity index (χ1n) is 5.61. The normalized spacial score (nSPS) is 10.7. The number of nitrogens with one attached hydrogen (secondary N) is 1. The summed E-state index contributed by atoms with van der Waals surface area (Å²) >= 11 is 0. The van der Waals surface area contributed by atoms with Gasteiger partial charge >= 0.3 is 0 Å². The molecule has 0 unspecified atom stereocenters. The van der Waals surface area contributed by atoms with Crippen molar-refractivity contribution in [2.45, 2.75) is 19.9 Å². The number of nitrogen functional groups attached to an aromatic ring is 1. The molecule has 0 bridgehead atoms. The third-order valence-electron chi connectivity index (χ3n) is 2.75. The summed E-state index contributed by atoms with van der Waals surface area (Å²) in [5.41, 5.74) is 8.19. The van der Waals surface area contributed by atoms with Gasteiger partial charge in [0, 0.05) is 19.2 Å². The zero-order valence-electron chi connectivity index (χ0n) is 10.0. The minimum Gasteiger partial charge on any atom is -0.399 e. The molecular weight excluding hydrogens is 216 g/mol. The van der Waals surface area contributed by atoms with Crippen molar-refractivity contribution < 1.29 is 4.79 Å². The average molecular weight is 232 g/mol. The van der Waals surface area contributed by atoms with Crippen molar-refractivity contribution in [3.05, 3.63) is 24.0 Å². The van der Waals surface area contributed by atoms with Crippen molar-refractivity contribution >= 4 is 22.6 Å². The zero-order valence-corrected chi connectivity index (χ0v) is 10.0. The lowest BCUT2D eigenvalue weighted by atomic mass is 10.3. The lowest BCUT2D eigenvalue weighted by Gasteiger charge is -2.06. The van der Waals surface area contributed by atoms with E-state index in [1.54, 1.807) is 7.05 Å². The number of aryl methyl sites for hydroxylation is 1. The van der Waals surface area contributed by atoms with E-state index in [1.807, 2.05) is 29.7 Å². The highest BCUT2D eigenvalue weighted by atomic mass is 16.1. The van der Waals surface area contributed by atoms with Crippen molar-refractivity contribution in [2.75, 3.05) is 12.8 Å². The van der Waals surface area contributed by atoms with Gasteiger partial charge in [-0.05, 0) is 18.2 Å². The van der Waals surface area contributed by atoms with Crippen LogP contribution < -0.4 is 11.1 Å². The van der Waals surface area contributed by atoms with Gasteiger partial charge < -0.3 is 15.6 Å². The SMILES string of the molecule is CCc1nc2cc(N)ccc2n1CC(=O)NC. The second kappa shape index (κ2) is 4.45. The number of carbonyl (C=O) groups excluding carboxylic acids is 1. The third-order valence-corrected chi connectivity index (χ3v) is 2.75. The second-order valence-corrected chi connectivity index (χ2v) is 3.89. The molecular formula is C12H16N4O. The number of aromatic nitrogens is 2. The van der Waals surface area contributed by atoms with Crippen molar-refractivity contribution in [1.82, 2.24) is 14.9 Å². The summed E-state index contributed by atoms with van der Waals surface area (Å²) < 4.78 is 1.92. The van der Waals surface area contributed by atoms with Crippen LogP contribution in [0.15, 0.2) is 18.2 Å². The molecule has 1 aromatic carbocycles. The number of hydrogen-bond acceptors (Lipinski definition) is 3. The van der Waals surface area contributed by atoms with Crippen molar-refractivity contribution in [1.29, 1.82) is 0 Å². The molecule has 0 radical (unpaired) electrons. The summed E-state index contributed by atoms with van der Waals surface area (Å²) in [6.45, 7) is 2.31. The van der Waals surface area contributed by atoms with Gasteiger partial charge in [0.2, 0.25) is 5.91 Å². The van der Waals surface area contributed by atoms with Crippen molar-refractivity contribution in [3.8, 4) is 0 Å². The van der Waals surface area contributed by atoms with Crippen LogP contribution in [0.4, 0.5) is 5.69 Å². The van der Waals surface area contributed by atoms with E-state index >= 15 is 0 Å². The van der Waals surface area contributed by atoms with Crippen LogP contribution >= 0.6 is 0 Å². The molecule has 1 amide bonds. The van der Waals surface area contributed by atoms with Crippen LogP contribution in [0.2, 0.25) is 0 Å². The summed E-state index contributed by atoms with van der Waals surface area (Å²) in [7, 11) is 1.63. The van der Waals surface area contributed by atoms with Gasteiger partial charge in [0.1, 0.15) is 12.4 Å². The lowest BCUT2D eigenvalue weighted by Crippen LogP contribution is -2.24. The highest BCUT2D eigenvalue weighted by molar-refractivity contribution is 5.82. The number of amides is 1. The lowest BCUT2D eigenvalue weighted by molar-refractivity contribution is -0.121. The van der Waals surface area contributed by atoms with E-state index in [0.29, 0.717) is 12.2 Å². The number of benzene rings is 1. The van der Waals surface area contributed by atoms with Crippen LogP contribution in [-0.2, 0) is 17.8 Å². The molecule has 2 aromatic rings. The summed E-state index contributed by atoms with van der Waals surface area (Å²) in [5.74, 6) is 0.866. The van der Waals surface area contributed by atoms with Crippen molar-refractivity contribution in [3.63, 3.8) is 0 Å². The molecule has 0 atom stereocenters. The predicted octanol–water partition coefficient (Wildman–Crippen LogP) is 0.927. The van der Waals surface area contributed by atoms with Crippen molar-refractivity contribution in [2.24, 2.45) is 0 Å². The molecule has 0 spiro atoms. The van der Waals surface area contributed by atoms with E-state index in [2.05, 4.69) is 10.3 Å². The largest absolute Gasteiger partial charge is 0.399 e. The first-order valence-corrected chi connectivity index (χ1v) is 5.61.